The molecule has 784 valence electrons. The van der Waals surface area contributed by atoms with Gasteiger partial charge >= 0.3 is 16.4 Å². The van der Waals surface area contributed by atoms with Gasteiger partial charge in [0.2, 0.25) is 0 Å². The molecule has 44 heteroatoms. The van der Waals surface area contributed by atoms with Crippen molar-refractivity contribution in [3.8, 4) is 39.8 Å². The molecule has 0 radical (unpaired) electrons. The SMILES string of the molecule is CC(C)COc1cc(F)cc(-c2ccc(C(=O)NS(=O)(=O)c3cccc(N)n3)c(N3CC(C(F)(F)F)CC3(C)C)n2)c1.CCOc1cccc(-c2ccc(C(=O)NS(=O)(=O)N3CC[C@H](N)C3)c(N3C[C@@H](C)CC3(C)C)n2)c1.COc1ccc(Nc2cccc(S(=O)(=O)NC(=O)c3cccnc3N3CC(C)CC3(C)C)n2)cc1Cl.Cc1cccc(Nc2cccc(S(=O)(=O)NC(=O)c3cccnc3N3CC(C)CC3(C)C)n2)c1. The fourth-order valence-corrected chi connectivity index (χ4v) is 23.0. The first-order valence-electron chi connectivity index (χ1n) is 47.7. The summed E-state index contributed by atoms with van der Waals surface area (Å²) in [6, 6.07) is 49.3. The normalized spacial score (nSPS) is 18.4. The van der Waals surface area contributed by atoms with E-state index in [-0.39, 0.29) is 108 Å². The summed E-state index contributed by atoms with van der Waals surface area (Å²) in [5, 5.41) is 5.42. The number of alkyl halides is 3. The van der Waals surface area contributed by atoms with Crippen LogP contribution in [0.3, 0.4) is 0 Å². The molecule has 16 rings (SSSR count). The molecular weight excluding hydrogens is 2000 g/mol. The second kappa shape index (κ2) is 45.1. The number of amides is 4. The standard InChI is InChI=1S/C28H31F4N5O4S.C25H28ClN5O4S.C25H35N5O4S.C25H29N5O3S/c1-16(2)15-41-20-11-17(10-19(29)12-20)22-9-8-21(26(38)36-42(39,40)24-7-5-6-23(33)35-24)25(34-22)37-14-18(28(30,31)32)13-27(37,3)4;1-16-14-25(2,3)31(15-16)23-18(7-6-12-27-23)24(32)30-36(33,34)22-9-5-8-21(29-22)28-17-10-11-20(35-4)19(26)13-17;1-5-34-20-8-6-7-18(13-20)22-10-9-21(23(27-22)30-15-17(2)14-25(30,3)4)24(31)28-35(32,33)29-12-11-19(26)16-29;1-17-8-5-9-19(14-17)27-21-11-6-12-22(28-21)34(32,33)29-24(31)20-10-7-13-26-23(20)30-16-18(2)15-25(30,3)4/h5-12,16,18H,13-15H2,1-4H3,(H2,33,35)(H,36,38);5-13,16H,14-15H2,1-4H3,(H,28,29)(H,30,32);6-10,13,17,19H,5,11-12,14-16,26H2,1-4H3,(H,28,31);5-14,18H,15-16H2,1-4H3,(H,27,28)(H,29,31)/t;;17-,19-;/m..0./s1. The van der Waals surface area contributed by atoms with E-state index in [9.17, 15) is 70.4 Å². The Balaban J connectivity index is 0.000000164. The minimum atomic E-state index is -4.51. The molecule has 4 amide bonds. The molecule has 11 aromatic rings. The number of nitrogens with zero attached hydrogens (tertiary/aromatic N) is 12. The highest BCUT2D eigenvalue weighted by atomic mass is 35.5. The molecule has 0 aliphatic carbocycles. The Labute approximate surface area is 859 Å². The van der Waals surface area contributed by atoms with Crippen LogP contribution in [0.2, 0.25) is 5.02 Å². The average Bonchev–Trinajstić information content (AvgIpc) is 1.55. The van der Waals surface area contributed by atoms with Crippen LogP contribution < -0.4 is 74.8 Å². The number of carbonyl (C=O) groups is 4. The predicted octanol–water partition coefficient (Wildman–Crippen LogP) is 16.9. The van der Waals surface area contributed by atoms with Crippen LogP contribution in [0.25, 0.3) is 22.5 Å². The largest absolute Gasteiger partial charge is 0.495 e. The summed E-state index contributed by atoms with van der Waals surface area (Å²) in [5.74, 6) is -1.05. The quantitative estimate of drug-likeness (QED) is 0.0211. The van der Waals surface area contributed by atoms with Crippen LogP contribution in [0, 0.1) is 42.3 Å². The minimum absolute atomic E-state index is 0.0964. The smallest absolute Gasteiger partial charge is 0.393 e. The van der Waals surface area contributed by atoms with E-state index in [1.54, 1.807) is 99.0 Å². The Morgan fingerprint density at radius 3 is 1.39 bits per heavy atom. The molecule has 5 atom stereocenters. The number of hydrogen-bond acceptors (Lipinski definition) is 30. The first kappa shape index (κ1) is 111. The number of carbonyl (C=O) groups excluding carboxylic acids is 4. The number of ether oxygens (including phenoxy) is 3. The Morgan fingerprint density at radius 1 is 0.490 bits per heavy atom. The van der Waals surface area contributed by atoms with Crippen LogP contribution in [0.15, 0.2) is 216 Å². The first-order chi connectivity index (χ1) is 69.0. The lowest BCUT2D eigenvalue weighted by Crippen LogP contribution is -2.44. The summed E-state index contributed by atoms with van der Waals surface area (Å²) in [6.07, 6.45) is 1.80. The number of pyridine rings is 7. The topological polar surface area (TPSA) is 463 Å². The number of hydrogen-bond donors (Lipinski definition) is 8. The molecule has 10 N–H and O–H groups in total. The number of sulfonamides is 3. The minimum Gasteiger partial charge on any atom is -0.495 e. The number of nitrogen functional groups attached to an aromatic ring is 1. The molecule has 35 nitrogen and oxygen atoms in total. The summed E-state index contributed by atoms with van der Waals surface area (Å²) < 4.78 is 186. The summed E-state index contributed by atoms with van der Waals surface area (Å²) in [6.45, 7) is 33.0. The Bertz CT molecular complexity index is 7200. The lowest BCUT2D eigenvalue weighted by molar-refractivity contribution is -0.169. The fraction of sp³-hybridized carbons (Fsp3) is 0.388. The average molecular weight is 2120 g/mol. The van der Waals surface area contributed by atoms with Crippen molar-refractivity contribution in [2.75, 3.05) is 95.6 Å². The van der Waals surface area contributed by atoms with Crippen molar-refractivity contribution in [2.45, 2.75) is 185 Å². The van der Waals surface area contributed by atoms with Gasteiger partial charge in [-0.15, -0.1) is 0 Å². The van der Waals surface area contributed by atoms with Crippen LogP contribution in [0.1, 0.15) is 176 Å². The van der Waals surface area contributed by atoms with Crippen molar-refractivity contribution < 1.29 is 84.6 Å². The third-order valence-corrected chi connectivity index (χ3v) is 30.7. The molecule has 5 saturated heterocycles. The van der Waals surface area contributed by atoms with Crippen molar-refractivity contribution in [1.82, 2.24) is 58.1 Å². The molecule has 3 unspecified atom stereocenters. The van der Waals surface area contributed by atoms with Crippen molar-refractivity contribution in [2.24, 2.45) is 35.3 Å². The van der Waals surface area contributed by atoms with Gasteiger partial charge in [0.05, 0.1) is 64.9 Å². The number of aryl methyl sites for hydroxylation is 1. The second-order valence-electron chi connectivity index (χ2n) is 40.0. The monoisotopic (exact) mass is 2120 g/mol. The molecule has 5 aliphatic rings. The molecule has 0 spiro atoms. The van der Waals surface area contributed by atoms with E-state index < -0.39 is 98.9 Å². The van der Waals surface area contributed by atoms with E-state index in [1.165, 1.54) is 77.0 Å². The molecule has 147 heavy (non-hydrogen) atoms. The zero-order valence-corrected chi connectivity index (χ0v) is 88.4. The Hall–Kier alpha value is -13.5. The molecule has 0 bridgehead atoms. The maximum atomic E-state index is 14.5. The summed E-state index contributed by atoms with van der Waals surface area (Å²) in [4.78, 5) is 90.9. The molecule has 5 aliphatic heterocycles. The predicted molar refractivity (Wildman–Crippen MR) is 558 cm³/mol. The molecule has 7 aromatic heterocycles. The Kier molecular flexibility index (Phi) is 34.0. The number of halogens is 5. The van der Waals surface area contributed by atoms with Gasteiger partial charge in [0.15, 0.2) is 15.1 Å². The third kappa shape index (κ3) is 27.5. The van der Waals surface area contributed by atoms with Crippen LogP contribution in [-0.4, -0.2) is 190 Å². The summed E-state index contributed by atoms with van der Waals surface area (Å²) in [7, 11) is -15.5. The van der Waals surface area contributed by atoms with E-state index in [1.807, 2.05) is 80.9 Å². The molecular formula is C103H123ClF4N20O15S4. The van der Waals surface area contributed by atoms with E-state index in [2.05, 4.69) is 132 Å². The highest BCUT2D eigenvalue weighted by Crippen LogP contribution is 2.47. The van der Waals surface area contributed by atoms with Crippen molar-refractivity contribution in [3.63, 3.8) is 0 Å². The van der Waals surface area contributed by atoms with E-state index in [4.69, 9.17) is 42.3 Å². The molecule has 12 heterocycles. The zero-order valence-electron chi connectivity index (χ0n) is 84.4. The highest BCUT2D eigenvalue weighted by molar-refractivity contribution is 7.90. The van der Waals surface area contributed by atoms with Crippen molar-refractivity contribution in [3.05, 3.63) is 239 Å². The maximum Gasteiger partial charge on any atom is 0.393 e. The number of nitrogens with two attached hydrogens (primary N) is 2. The number of nitrogens with one attached hydrogen (secondary N) is 6. The van der Waals surface area contributed by atoms with Gasteiger partial charge in [-0.05, 0) is 270 Å². The lowest BCUT2D eigenvalue weighted by Gasteiger charge is -2.34. The van der Waals surface area contributed by atoms with Crippen molar-refractivity contribution >= 4 is 128 Å². The maximum absolute atomic E-state index is 14.5. The number of aromatic nitrogens is 7. The zero-order chi connectivity index (χ0) is 107. The van der Waals surface area contributed by atoms with Gasteiger partial charge in [-0.2, -0.15) is 51.1 Å². The van der Waals surface area contributed by atoms with Crippen LogP contribution >= 0.6 is 11.6 Å². The number of rotatable bonds is 28. The highest BCUT2D eigenvalue weighted by Gasteiger charge is 2.52. The lowest BCUT2D eigenvalue weighted by atomic mass is 9.96. The van der Waals surface area contributed by atoms with E-state index >= 15 is 0 Å². The Morgan fingerprint density at radius 2 is 0.939 bits per heavy atom. The van der Waals surface area contributed by atoms with Gasteiger partial charge < -0.3 is 55.9 Å². The van der Waals surface area contributed by atoms with Crippen LogP contribution in [0.5, 0.6) is 17.2 Å². The van der Waals surface area contributed by atoms with Gasteiger partial charge in [0, 0.05) is 108 Å². The molecule has 4 aromatic carbocycles. The van der Waals surface area contributed by atoms with Crippen molar-refractivity contribution in [1.29, 1.82) is 0 Å². The third-order valence-electron chi connectivity index (χ3n) is 25.2. The van der Waals surface area contributed by atoms with E-state index in [0.717, 1.165) is 67.5 Å². The van der Waals surface area contributed by atoms with E-state index in [0.29, 0.717) is 89.4 Å². The number of benzene rings is 4. The fourth-order valence-electron chi connectivity index (χ4n) is 18.8. The van der Waals surface area contributed by atoms with Gasteiger partial charge in [0.25, 0.3) is 53.7 Å². The van der Waals surface area contributed by atoms with Crippen LogP contribution in [0.4, 0.5) is 69.7 Å². The van der Waals surface area contributed by atoms with Gasteiger partial charge in [-0.25, -0.2) is 58.2 Å². The first-order valence-corrected chi connectivity index (χ1v) is 53.9. The second-order valence-corrected chi connectivity index (χ2v) is 47.0. The summed E-state index contributed by atoms with van der Waals surface area (Å²) >= 11 is 6.16. The van der Waals surface area contributed by atoms with Gasteiger partial charge in [-0.3, -0.25) is 19.2 Å². The molecule has 5 fully saturated rings. The molecule has 0 saturated carbocycles. The van der Waals surface area contributed by atoms with Gasteiger partial charge in [-0.1, -0.05) is 88.7 Å². The summed E-state index contributed by atoms with van der Waals surface area (Å²) in [5.41, 5.74) is 14.4. The number of methoxy groups -OCH3 is 1. The number of anilines is 9. The van der Waals surface area contributed by atoms with Gasteiger partial charge in [0.1, 0.15) is 63.8 Å². The van der Waals surface area contributed by atoms with Crippen LogP contribution in [-0.2, 0) is 40.3 Å².